The zero-order chi connectivity index (χ0) is 20.3. The Labute approximate surface area is 181 Å². The number of imidazole rings is 1. The Kier molecular flexibility index (Phi) is 6.49. The lowest BCUT2D eigenvalue weighted by atomic mass is 10.2. The van der Waals surface area contributed by atoms with Crippen LogP contribution < -0.4 is 15.2 Å². The van der Waals surface area contributed by atoms with Gasteiger partial charge in [-0.3, -0.25) is 0 Å². The van der Waals surface area contributed by atoms with Gasteiger partial charge in [0.15, 0.2) is 11.5 Å². The minimum atomic E-state index is 0.267. The van der Waals surface area contributed by atoms with Crippen LogP contribution in [0.25, 0.3) is 0 Å². The van der Waals surface area contributed by atoms with Crippen LogP contribution in [-0.2, 0) is 6.61 Å². The molecule has 1 aromatic heterocycles. The summed E-state index contributed by atoms with van der Waals surface area (Å²) >= 11 is 15.7. The lowest BCUT2D eigenvalue weighted by Crippen LogP contribution is -2.01. The fourth-order valence-corrected chi connectivity index (χ4v) is 3.51. The molecule has 0 saturated heterocycles. The predicted octanol–water partition coefficient (Wildman–Crippen LogP) is 5.31. The van der Waals surface area contributed by atoms with Crippen molar-refractivity contribution >= 4 is 51.3 Å². The molecule has 2 N–H and O–H groups in total. The van der Waals surface area contributed by atoms with Crippen LogP contribution >= 0.6 is 39.1 Å². The average molecular weight is 484 g/mol. The Bertz CT molecular complexity index is 1040. The number of anilines is 1. The van der Waals surface area contributed by atoms with Gasteiger partial charge in [-0.1, -0.05) is 29.3 Å². The molecule has 0 aliphatic rings. The van der Waals surface area contributed by atoms with E-state index in [0.717, 1.165) is 16.8 Å². The molecule has 0 spiro atoms. The third-order valence-corrected chi connectivity index (χ3v) is 4.98. The zero-order valence-corrected chi connectivity index (χ0v) is 18.2. The second-order valence-corrected chi connectivity index (χ2v) is 7.59. The number of halogens is 3. The summed E-state index contributed by atoms with van der Waals surface area (Å²) < 4.78 is 13.6. The summed E-state index contributed by atoms with van der Waals surface area (Å²) in [6.07, 6.45) is 3.40. The van der Waals surface area contributed by atoms with E-state index in [-0.39, 0.29) is 6.61 Å². The molecule has 0 fully saturated rings. The molecule has 1 heterocycles. The van der Waals surface area contributed by atoms with Gasteiger partial charge in [0.25, 0.3) is 0 Å². The number of aromatic nitrogens is 2. The highest BCUT2D eigenvalue weighted by molar-refractivity contribution is 9.10. The van der Waals surface area contributed by atoms with Crippen molar-refractivity contribution < 1.29 is 9.47 Å². The lowest BCUT2D eigenvalue weighted by Gasteiger charge is -2.14. The van der Waals surface area contributed by atoms with Crippen molar-refractivity contribution in [2.75, 3.05) is 12.8 Å². The first-order chi connectivity index (χ1) is 13.4. The lowest BCUT2D eigenvalue weighted by molar-refractivity contribution is 0.282. The number of hydrogen-bond acceptors (Lipinski definition) is 5. The van der Waals surface area contributed by atoms with Gasteiger partial charge in [-0.2, -0.15) is 5.10 Å². The Hall–Kier alpha value is -2.22. The molecular formula is C19H17BrCl2N4O2. The molecule has 0 unspecified atom stereocenters. The van der Waals surface area contributed by atoms with Gasteiger partial charge in [0, 0.05) is 15.6 Å². The quantitative estimate of drug-likeness (QED) is 0.482. The normalized spacial score (nSPS) is 11.2. The van der Waals surface area contributed by atoms with E-state index in [2.05, 4.69) is 26.0 Å². The number of methoxy groups -OCH3 is 1. The molecule has 3 rings (SSSR count). The summed E-state index contributed by atoms with van der Waals surface area (Å²) in [5.41, 5.74) is 8.20. The largest absolute Gasteiger partial charge is 0.493 e. The predicted molar refractivity (Wildman–Crippen MR) is 116 cm³/mol. The summed E-state index contributed by atoms with van der Waals surface area (Å²) in [7, 11) is 1.57. The van der Waals surface area contributed by atoms with Crippen molar-refractivity contribution in [1.82, 2.24) is 9.66 Å². The van der Waals surface area contributed by atoms with Crippen LogP contribution in [0.3, 0.4) is 0 Å². The molecule has 0 atom stereocenters. The van der Waals surface area contributed by atoms with E-state index in [0.29, 0.717) is 32.0 Å². The smallest absolute Gasteiger partial charge is 0.221 e. The van der Waals surface area contributed by atoms with Crippen LogP contribution in [0.15, 0.2) is 46.1 Å². The number of rotatable bonds is 6. The fraction of sp³-hybridized carbons (Fsp3) is 0.158. The maximum absolute atomic E-state index is 6.21. The molecular weight excluding hydrogens is 467 g/mol. The topological polar surface area (TPSA) is 74.7 Å². The van der Waals surface area contributed by atoms with E-state index in [4.69, 9.17) is 38.4 Å². The number of ether oxygens (including phenoxy) is 2. The van der Waals surface area contributed by atoms with Crippen molar-refractivity contribution in [2.45, 2.75) is 13.5 Å². The van der Waals surface area contributed by atoms with E-state index in [1.165, 1.54) is 4.68 Å². The van der Waals surface area contributed by atoms with Crippen LogP contribution in [0.1, 0.15) is 16.8 Å². The van der Waals surface area contributed by atoms with E-state index in [1.54, 1.807) is 31.7 Å². The van der Waals surface area contributed by atoms with Gasteiger partial charge in [0.2, 0.25) is 5.95 Å². The number of aryl methyl sites for hydroxylation is 1. The number of benzene rings is 2. The van der Waals surface area contributed by atoms with Gasteiger partial charge in [0.1, 0.15) is 6.61 Å². The molecule has 3 aromatic rings. The van der Waals surface area contributed by atoms with Crippen LogP contribution in [0.2, 0.25) is 10.0 Å². The molecule has 0 saturated carbocycles. The molecule has 0 bridgehead atoms. The van der Waals surface area contributed by atoms with Gasteiger partial charge < -0.3 is 15.2 Å². The van der Waals surface area contributed by atoms with Gasteiger partial charge in [-0.05, 0) is 52.7 Å². The van der Waals surface area contributed by atoms with E-state index in [1.807, 2.05) is 25.1 Å². The van der Waals surface area contributed by atoms with Gasteiger partial charge >= 0.3 is 0 Å². The summed E-state index contributed by atoms with van der Waals surface area (Å²) in [4.78, 5) is 4.11. The first kappa shape index (κ1) is 20.5. The Morgan fingerprint density at radius 1 is 1.29 bits per heavy atom. The molecule has 9 heteroatoms. The van der Waals surface area contributed by atoms with Crippen LogP contribution in [0, 0.1) is 6.92 Å². The molecule has 6 nitrogen and oxygen atoms in total. The molecule has 0 amide bonds. The van der Waals surface area contributed by atoms with Gasteiger partial charge in [-0.25, -0.2) is 9.66 Å². The van der Waals surface area contributed by atoms with Crippen LogP contribution in [-0.4, -0.2) is 23.0 Å². The highest BCUT2D eigenvalue weighted by Crippen LogP contribution is 2.37. The number of nitrogens with two attached hydrogens (primary N) is 1. The van der Waals surface area contributed by atoms with Gasteiger partial charge in [0.05, 0.1) is 29.7 Å². The Morgan fingerprint density at radius 3 is 2.71 bits per heavy atom. The van der Waals surface area contributed by atoms with Crippen molar-refractivity contribution in [1.29, 1.82) is 0 Å². The standard InChI is InChI=1S/C19H17BrCl2N4O2/c1-11-9-26(19(23)25-11)24-8-12-5-15(20)18(17(6-12)27-2)28-10-13-3-4-14(21)7-16(13)22/h3-9H,10H2,1-2H3,(H2,23,25). The molecule has 146 valence electrons. The van der Waals surface area contributed by atoms with Crippen molar-refractivity contribution in [3.8, 4) is 11.5 Å². The summed E-state index contributed by atoms with van der Waals surface area (Å²) in [6.45, 7) is 2.12. The van der Waals surface area contributed by atoms with E-state index in [9.17, 15) is 0 Å². The van der Waals surface area contributed by atoms with Crippen LogP contribution in [0.5, 0.6) is 11.5 Å². The monoisotopic (exact) mass is 482 g/mol. The highest BCUT2D eigenvalue weighted by Gasteiger charge is 2.13. The fourth-order valence-electron chi connectivity index (χ4n) is 2.47. The van der Waals surface area contributed by atoms with E-state index < -0.39 is 0 Å². The SMILES string of the molecule is COc1cc(C=Nn2cc(C)nc2N)cc(Br)c1OCc1ccc(Cl)cc1Cl. The first-order valence-corrected chi connectivity index (χ1v) is 9.72. The van der Waals surface area contributed by atoms with Crippen LogP contribution in [0.4, 0.5) is 5.95 Å². The summed E-state index contributed by atoms with van der Waals surface area (Å²) in [5, 5.41) is 5.43. The Balaban J connectivity index is 1.82. The highest BCUT2D eigenvalue weighted by atomic mass is 79.9. The maximum Gasteiger partial charge on any atom is 0.221 e. The van der Waals surface area contributed by atoms with Crippen molar-refractivity contribution in [2.24, 2.45) is 5.10 Å². The minimum absolute atomic E-state index is 0.267. The number of nitrogen functional groups attached to an aromatic ring is 1. The third-order valence-electron chi connectivity index (χ3n) is 3.80. The van der Waals surface area contributed by atoms with Crippen molar-refractivity contribution in [3.63, 3.8) is 0 Å². The average Bonchev–Trinajstić information content (AvgIpc) is 2.97. The zero-order valence-electron chi connectivity index (χ0n) is 15.1. The summed E-state index contributed by atoms with van der Waals surface area (Å²) in [6, 6.07) is 8.94. The number of hydrogen-bond donors (Lipinski definition) is 1. The molecule has 0 aliphatic carbocycles. The molecule has 0 radical (unpaired) electrons. The van der Waals surface area contributed by atoms with Crippen molar-refractivity contribution in [3.05, 3.63) is 67.9 Å². The second-order valence-electron chi connectivity index (χ2n) is 5.89. The third kappa shape index (κ3) is 4.79. The Morgan fingerprint density at radius 2 is 2.07 bits per heavy atom. The number of nitrogens with zero attached hydrogens (tertiary/aromatic N) is 3. The molecule has 28 heavy (non-hydrogen) atoms. The van der Waals surface area contributed by atoms with E-state index >= 15 is 0 Å². The molecule has 0 aliphatic heterocycles. The minimum Gasteiger partial charge on any atom is -0.493 e. The van der Waals surface area contributed by atoms with Gasteiger partial charge in [-0.15, -0.1) is 0 Å². The second kappa shape index (κ2) is 8.86. The molecule has 2 aromatic carbocycles. The summed E-state index contributed by atoms with van der Waals surface area (Å²) in [5.74, 6) is 1.43. The first-order valence-electron chi connectivity index (χ1n) is 8.17. The maximum atomic E-state index is 6.21.